The molecule has 1 aliphatic carbocycles. The van der Waals surface area contributed by atoms with E-state index in [2.05, 4.69) is 50.2 Å². The first-order chi connectivity index (χ1) is 11.2. The summed E-state index contributed by atoms with van der Waals surface area (Å²) in [6.45, 7) is 4.11. The van der Waals surface area contributed by atoms with Gasteiger partial charge < -0.3 is 4.52 Å². The van der Waals surface area contributed by atoms with E-state index < -0.39 is 0 Å². The van der Waals surface area contributed by atoms with Crippen LogP contribution < -0.4 is 0 Å². The summed E-state index contributed by atoms with van der Waals surface area (Å²) in [7, 11) is 0. The Morgan fingerprint density at radius 3 is 2.91 bits per heavy atom. The zero-order valence-corrected chi connectivity index (χ0v) is 14.6. The highest BCUT2D eigenvalue weighted by Gasteiger charge is 2.30. The van der Waals surface area contributed by atoms with Crippen molar-refractivity contribution in [1.29, 1.82) is 0 Å². The van der Waals surface area contributed by atoms with Gasteiger partial charge in [0.05, 0.1) is 10.6 Å². The van der Waals surface area contributed by atoms with Crippen LogP contribution in [0.1, 0.15) is 50.4 Å². The molecule has 0 spiro atoms. The highest BCUT2D eigenvalue weighted by molar-refractivity contribution is 7.98. The van der Waals surface area contributed by atoms with E-state index in [1.54, 1.807) is 23.1 Å². The van der Waals surface area contributed by atoms with Crippen molar-refractivity contribution in [2.75, 3.05) is 0 Å². The van der Waals surface area contributed by atoms with Crippen molar-refractivity contribution in [3.8, 4) is 10.7 Å². The lowest BCUT2D eigenvalue weighted by molar-refractivity contribution is 0.382. The van der Waals surface area contributed by atoms with E-state index in [0.29, 0.717) is 17.7 Å². The van der Waals surface area contributed by atoms with Crippen LogP contribution in [0.5, 0.6) is 0 Å². The van der Waals surface area contributed by atoms with Gasteiger partial charge in [0.25, 0.3) is 0 Å². The molecule has 0 radical (unpaired) electrons. The van der Waals surface area contributed by atoms with Crippen molar-refractivity contribution in [2.45, 2.75) is 49.6 Å². The molecule has 0 aliphatic heterocycles. The number of hydrogen-bond acceptors (Lipinski definition) is 7. The zero-order chi connectivity index (χ0) is 15.8. The summed E-state index contributed by atoms with van der Waals surface area (Å²) < 4.78 is 7.57. The van der Waals surface area contributed by atoms with Gasteiger partial charge in [-0.15, -0.1) is 21.5 Å². The lowest BCUT2D eigenvalue weighted by Crippen LogP contribution is -1.99. The number of thioether (sulfide) groups is 1. The molecule has 0 unspecified atom stereocenters. The van der Waals surface area contributed by atoms with Gasteiger partial charge in [0.1, 0.15) is 0 Å². The van der Waals surface area contributed by atoms with Crippen LogP contribution in [0, 0.1) is 0 Å². The summed E-state index contributed by atoms with van der Waals surface area (Å²) in [5.41, 5.74) is 0. The average molecular weight is 347 g/mol. The normalized spacial score (nSPS) is 14.7. The Morgan fingerprint density at radius 1 is 1.39 bits per heavy atom. The standard InChI is InChI=1S/C15H17N5OS2/c1-9(2)13-16-12(21-19-13)8-23-15-18-17-14(11-4-3-7-22-11)20(15)10-5-6-10/h3-4,7,9-10H,5-6,8H2,1-2H3. The number of nitrogens with zero attached hydrogens (tertiary/aromatic N) is 5. The lowest BCUT2D eigenvalue weighted by atomic mass is 10.2. The summed E-state index contributed by atoms with van der Waals surface area (Å²) in [6.07, 6.45) is 2.39. The second-order valence-electron chi connectivity index (χ2n) is 5.87. The highest BCUT2D eigenvalue weighted by atomic mass is 32.2. The van der Waals surface area contributed by atoms with Gasteiger partial charge in [-0.05, 0) is 24.3 Å². The maximum Gasteiger partial charge on any atom is 0.237 e. The maximum absolute atomic E-state index is 5.31. The topological polar surface area (TPSA) is 69.6 Å². The Kier molecular flexibility index (Phi) is 3.94. The molecule has 0 saturated heterocycles. The highest BCUT2D eigenvalue weighted by Crippen LogP contribution is 2.42. The quantitative estimate of drug-likeness (QED) is 0.624. The molecule has 0 amide bonds. The minimum absolute atomic E-state index is 0.276. The van der Waals surface area contributed by atoms with Crippen LogP contribution in [0.25, 0.3) is 10.7 Å². The third-order valence-corrected chi connectivity index (χ3v) is 5.44. The molecule has 3 aromatic rings. The van der Waals surface area contributed by atoms with Gasteiger partial charge in [0.15, 0.2) is 16.8 Å². The van der Waals surface area contributed by atoms with Crippen LogP contribution >= 0.6 is 23.1 Å². The van der Waals surface area contributed by atoms with Crippen molar-refractivity contribution in [2.24, 2.45) is 0 Å². The Balaban J connectivity index is 1.54. The molecule has 120 valence electrons. The van der Waals surface area contributed by atoms with Crippen LogP contribution in [0.3, 0.4) is 0 Å². The molecule has 0 atom stereocenters. The van der Waals surface area contributed by atoms with Crippen LogP contribution in [0.15, 0.2) is 27.2 Å². The number of aromatic nitrogens is 5. The molecule has 3 heterocycles. The van der Waals surface area contributed by atoms with Crippen molar-refractivity contribution >= 4 is 23.1 Å². The van der Waals surface area contributed by atoms with Gasteiger partial charge in [-0.2, -0.15) is 4.98 Å². The van der Waals surface area contributed by atoms with Crippen molar-refractivity contribution < 1.29 is 4.52 Å². The Bertz CT molecular complexity index is 789. The summed E-state index contributed by atoms with van der Waals surface area (Å²) in [6, 6.07) is 4.66. The summed E-state index contributed by atoms with van der Waals surface area (Å²) in [5.74, 6) is 3.26. The van der Waals surface area contributed by atoms with E-state index in [4.69, 9.17) is 4.52 Å². The minimum atomic E-state index is 0.276. The van der Waals surface area contributed by atoms with E-state index in [9.17, 15) is 0 Å². The Hall–Kier alpha value is -1.67. The second-order valence-corrected chi connectivity index (χ2v) is 7.76. The van der Waals surface area contributed by atoms with Crippen LogP contribution in [0.4, 0.5) is 0 Å². The molecular weight excluding hydrogens is 330 g/mol. The molecule has 0 aromatic carbocycles. The molecule has 4 rings (SSSR count). The van der Waals surface area contributed by atoms with Crippen molar-refractivity contribution in [3.05, 3.63) is 29.2 Å². The third kappa shape index (κ3) is 3.05. The fourth-order valence-corrected chi connectivity index (χ4v) is 3.85. The fraction of sp³-hybridized carbons (Fsp3) is 0.467. The first kappa shape index (κ1) is 14.9. The van der Waals surface area contributed by atoms with Gasteiger partial charge in [-0.3, -0.25) is 4.57 Å². The van der Waals surface area contributed by atoms with Crippen LogP contribution in [-0.4, -0.2) is 24.9 Å². The SMILES string of the molecule is CC(C)c1noc(CSc2nnc(-c3cccs3)n2C2CC2)n1. The first-order valence-corrected chi connectivity index (χ1v) is 9.53. The van der Waals surface area contributed by atoms with Crippen LogP contribution in [-0.2, 0) is 5.75 Å². The molecular formula is C15H17N5OS2. The molecule has 23 heavy (non-hydrogen) atoms. The van der Waals surface area contributed by atoms with E-state index >= 15 is 0 Å². The van der Waals surface area contributed by atoms with Gasteiger partial charge in [0, 0.05) is 12.0 Å². The average Bonchev–Trinajstić information content (AvgIpc) is 3.01. The van der Waals surface area contributed by atoms with E-state index in [1.165, 1.54) is 12.8 Å². The summed E-state index contributed by atoms with van der Waals surface area (Å²) >= 11 is 3.31. The second kappa shape index (κ2) is 6.09. The summed E-state index contributed by atoms with van der Waals surface area (Å²) in [5, 5.41) is 15.8. The zero-order valence-electron chi connectivity index (χ0n) is 13.0. The van der Waals surface area contributed by atoms with Gasteiger partial charge >= 0.3 is 0 Å². The fourth-order valence-electron chi connectivity index (χ4n) is 2.30. The van der Waals surface area contributed by atoms with Crippen LogP contribution in [0.2, 0.25) is 0 Å². The largest absolute Gasteiger partial charge is 0.338 e. The smallest absolute Gasteiger partial charge is 0.237 e. The monoisotopic (exact) mass is 347 g/mol. The molecule has 8 heteroatoms. The van der Waals surface area contributed by atoms with E-state index in [0.717, 1.165) is 21.7 Å². The maximum atomic E-state index is 5.31. The van der Waals surface area contributed by atoms with Gasteiger partial charge in [0.2, 0.25) is 5.89 Å². The van der Waals surface area contributed by atoms with Crippen molar-refractivity contribution in [1.82, 2.24) is 24.9 Å². The molecule has 3 aromatic heterocycles. The lowest BCUT2D eigenvalue weighted by Gasteiger charge is -2.06. The summed E-state index contributed by atoms with van der Waals surface area (Å²) in [4.78, 5) is 5.58. The predicted molar refractivity (Wildman–Crippen MR) is 89.6 cm³/mol. The molecule has 1 saturated carbocycles. The third-order valence-electron chi connectivity index (χ3n) is 3.64. The molecule has 6 nitrogen and oxygen atoms in total. The Labute approximate surface area is 142 Å². The molecule has 0 N–H and O–H groups in total. The van der Waals surface area contributed by atoms with E-state index in [-0.39, 0.29) is 5.92 Å². The molecule has 1 aliphatic rings. The van der Waals surface area contributed by atoms with Crippen molar-refractivity contribution in [3.63, 3.8) is 0 Å². The molecule has 1 fully saturated rings. The van der Waals surface area contributed by atoms with Gasteiger partial charge in [-0.25, -0.2) is 0 Å². The molecule has 0 bridgehead atoms. The first-order valence-electron chi connectivity index (χ1n) is 7.66. The number of thiophene rings is 1. The predicted octanol–water partition coefficient (Wildman–Crippen LogP) is 4.14. The van der Waals surface area contributed by atoms with E-state index in [1.807, 2.05) is 6.07 Å². The minimum Gasteiger partial charge on any atom is -0.338 e. The number of hydrogen-bond donors (Lipinski definition) is 0. The number of rotatable bonds is 6. The van der Waals surface area contributed by atoms with Gasteiger partial charge in [-0.1, -0.05) is 36.8 Å². The Morgan fingerprint density at radius 2 is 2.26 bits per heavy atom.